The molecule has 0 saturated heterocycles. The van der Waals surface area contributed by atoms with E-state index in [-0.39, 0.29) is 0 Å². The summed E-state index contributed by atoms with van der Waals surface area (Å²) in [7, 11) is 3.12. The summed E-state index contributed by atoms with van der Waals surface area (Å²) in [4.78, 5) is 10.8. The number of hydrogen-bond acceptors (Lipinski definition) is 3. The van der Waals surface area contributed by atoms with E-state index < -0.39 is 5.97 Å². The van der Waals surface area contributed by atoms with Crippen LogP contribution in [-0.2, 0) is 4.79 Å². The molecule has 0 amide bonds. The summed E-state index contributed by atoms with van der Waals surface area (Å²) < 4.78 is 10.4. The van der Waals surface area contributed by atoms with Crippen LogP contribution in [0, 0.1) is 0 Å². The fourth-order valence-corrected chi connectivity index (χ4v) is 1.75. The fraction of sp³-hybridized carbons (Fsp3) is 0.357. The molecule has 4 nitrogen and oxygen atoms in total. The highest BCUT2D eigenvalue weighted by Gasteiger charge is 2.08. The zero-order chi connectivity index (χ0) is 13.5. The maximum atomic E-state index is 10.8. The molecule has 0 aliphatic heterocycles. The molecule has 0 atom stereocenters. The van der Waals surface area contributed by atoms with Crippen molar-refractivity contribution in [2.45, 2.75) is 19.8 Å². The van der Waals surface area contributed by atoms with E-state index in [0.717, 1.165) is 17.6 Å². The predicted molar refractivity (Wildman–Crippen MR) is 70.1 cm³/mol. The van der Waals surface area contributed by atoms with E-state index in [1.807, 2.05) is 13.0 Å². The van der Waals surface area contributed by atoms with Crippen molar-refractivity contribution in [1.29, 1.82) is 0 Å². The average molecular weight is 250 g/mol. The van der Waals surface area contributed by atoms with Gasteiger partial charge in [0.25, 0.3) is 0 Å². The molecule has 98 valence electrons. The minimum Gasteiger partial charge on any atom is -0.493 e. The van der Waals surface area contributed by atoms with E-state index in [2.05, 4.69) is 0 Å². The highest BCUT2D eigenvalue weighted by molar-refractivity contribution is 5.90. The number of hydrogen-bond donors (Lipinski definition) is 1. The van der Waals surface area contributed by atoms with E-state index in [1.54, 1.807) is 26.4 Å². The number of carboxylic acid groups (broad SMARTS) is 1. The van der Waals surface area contributed by atoms with Gasteiger partial charge in [0.15, 0.2) is 11.5 Å². The van der Waals surface area contributed by atoms with Crippen molar-refractivity contribution in [3.05, 3.63) is 29.8 Å². The Morgan fingerprint density at radius 1 is 1.28 bits per heavy atom. The van der Waals surface area contributed by atoms with Crippen molar-refractivity contribution in [3.63, 3.8) is 0 Å². The molecule has 0 fully saturated rings. The van der Waals surface area contributed by atoms with E-state index in [0.29, 0.717) is 17.9 Å². The molecule has 0 aliphatic carbocycles. The lowest BCUT2D eigenvalue weighted by Crippen LogP contribution is -1.95. The van der Waals surface area contributed by atoms with E-state index >= 15 is 0 Å². The Balaban J connectivity index is 3.17. The standard InChI is InChI=1S/C14H18O4/c1-4-5-10(9-14(15)16)11-6-7-12(17-2)13(8-11)18-3/h6-9H,4-5H2,1-3H3,(H,15,16)/b10-9+. The number of carbonyl (C=O) groups is 1. The van der Waals surface area contributed by atoms with Crippen molar-refractivity contribution in [3.8, 4) is 11.5 Å². The van der Waals surface area contributed by atoms with Gasteiger partial charge in [0.1, 0.15) is 0 Å². The van der Waals surface area contributed by atoms with Gasteiger partial charge in [-0.3, -0.25) is 0 Å². The van der Waals surface area contributed by atoms with Gasteiger partial charge in [-0.15, -0.1) is 0 Å². The summed E-state index contributed by atoms with van der Waals surface area (Å²) >= 11 is 0. The van der Waals surface area contributed by atoms with Gasteiger partial charge in [0.2, 0.25) is 0 Å². The molecule has 0 radical (unpaired) electrons. The van der Waals surface area contributed by atoms with E-state index in [9.17, 15) is 4.79 Å². The van der Waals surface area contributed by atoms with Gasteiger partial charge in [-0.1, -0.05) is 19.4 Å². The predicted octanol–water partition coefficient (Wildman–Crippen LogP) is 2.97. The van der Waals surface area contributed by atoms with Crippen LogP contribution >= 0.6 is 0 Å². The van der Waals surface area contributed by atoms with Crippen LogP contribution in [-0.4, -0.2) is 25.3 Å². The van der Waals surface area contributed by atoms with Crippen LogP contribution in [0.25, 0.3) is 5.57 Å². The SMILES string of the molecule is CCC/C(=C\C(=O)O)c1ccc(OC)c(OC)c1. The maximum absolute atomic E-state index is 10.8. The Morgan fingerprint density at radius 3 is 2.44 bits per heavy atom. The van der Waals surface area contributed by atoms with Gasteiger partial charge in [-0.2, -0.15) is 0 Å². The molecule has 1 aromatic carbocycles. The number of carboxylic acids is 1. The highest BCUT2D eigenvalue weighted by atomic mass is 16.5. The highest BCUT2D eigenvalue weighted by Crippen LogP contribution is 2.31. The topological polar surface area (TPSA) is 55.8 Å². The molecule has 1 N–H and O–H groups in total. The molecule has 0 aliphatic rings. The second-order valence-electron chi connectivity index (χ2n) is 3.83. The summed E-state index contributed by atoms with van der Waals surface area (Å²) in [5.41, 5.74) is 1.63. The number of ether oxygens (including phenoxy) is 2. The summed E-state index contributed by atoms with van der Waals surface area (Å²) in [5, 5.41) is 8.87. The number of rotatable bonds is 6. The van der Waals surface area contributed by atoms with Crippen LogP contribution < -0.4 is 9.47 Å². The number of aliphatic carboxylic acids is 1. The molecule has 0 heterocycles. The monoisotopic (exact) mass is 250 g/mol. The van der Waals surface area contributed by atoms with Crippen LogP contribution in [0.3, 0.4) is 0 Å². The summed E-state index contributed by atoms with van der Waals surface area (Å²) in [5.74, 6) is 0.294. The minimum absolute atomic E-state index is 0.599. The first-order valence-electron chi connectivity index (χ1n) is 5.78. The minimum atomic E-state index is -0.937. The third-order valence-electron chi connectivity index (χ3n) is 2.57. The average Bonchev–Trinajstić information content (AvgIpc) is 2.37. The van der Waals surface area contributed by atoms with Gasteiger partial charge in [-0.05, 0) is 29.7 Å². The quantitative estimate of drug-likeness (QED) is 0.788. The van der Waals surface area contributed by atoms with Crippen molar-refractivity contribution in [1.82, 2.24) is 0 Å². The summed E-state index contributed by atoms with van der Waals surface area (Å²) in [6.45, 7) is 2.01. The first-order valence-corrected chi connectivity index (χ1v) is 5.78. The second kappa shape index (κ2) is 6.69. The molecular weight excluding hydrogens is 232 g/mol. The number of benzene rings is 1. The van der Waals surface area contributed by atoms with Crippen LogP contribution in [0.2, 0.25) is 0 Å². The van der Waals surface area contributed by atoms with Crippen LogP contribution in [0.5, 0.6) is 11.5 Å². The van der Waals surface area contributed by atoms with Crippen molar-refractivity contribution >= 4 is 11.5 Å². The Bertz CT molecular complexity index is 449. The third kappa shape index (κ3) is 3.52. The van der Waals surface area contributed by atoms with Crippen molar-refractivity contribution < 1.29 is 19.4 Å². The second-order valence-corrected chi connectivity index (χ2v) is 3.83. The number of allylic oxidation sites excluding steroid dienone is 1. The molecule has 1 aromatic rings. The molecule has 0 unspecified atom stereocenters. The van der Waals surface area contributed by atoms with Crippen LogP contribution in [0.4, 0.5) is 0 Å². The molecular formula is C14H18O4. The first kappa shape index (κ1) is 14.1. The Kier molecular flexibility index (Phi) is 5.24. The Hall–Kier alpha value is -1.97. The van der Waals surface area contributed by atoms with Crippen molar-refractivity contribution in [2.75, 3.05) is 14.2 Å². The molecule has 0 saturated carbocycles. The summed E-state index contributed by atoms with van der Waals surface area (Å²) in [6.07, 6.45) is 2.83. The van der Waals surface area contributed by atoms with Gasteiger partial charge in [0.05, 0.1) is 14.2 Å². The largest absolute Gasteiger partial charge is 0.493 e. The summed E-state index contributed by atoms with van der Waals surface area (Å²) in [6, 6.07) is 5.41. The molecule has 0 bridgehead atoms. The Labute approximate surface area is 107 Å². The van der Waals surface area contributed by atoms with Crippen molar-refractivity contribution in [2.24, 2.45) is 0 Å². The smallest absolute Gasteiger partial charge is 0.328 e. The zero-order valence-electron chi connectivity index (χ0n) is 10.9. The van der Waals surface area contributed by atoms with Gasteiger partial charge in [0, 0.05) is 6.08 Å². The van der Waals surface area contributed by atoms with Crippen LogP contribution in [0.15, 0.2) is 24.3 Å². The van der Waals surface area contributed by atoms with Crippen LogP contribution in [0.1, 0.15) is 25.3 Å². The van der Waals surface area contributed by atoms with E-state index in [1.165, 1.54) is 6.08 Å². The Morgan fingerprint density at radius 2 is 1.94 bits per heavy atom. The van der Waals surface area contributed by atoms with Gasteiger partial charge < -0.3 is 14.6 Å². The van der Waals surface area contributed by atoms with E-state index in [4.69, 9.17) is 14.6 Å². The normalized spacial score (nSPS) is 11.2. The molecule has 0 aromatic heterocycles. The lowest BCUT2D eigenvalue weighted by molar-refractivity contribution is -0.131. The fourth-order valence-electron chi connectivity index (χ4n) is 1.75. The van der Waals surface area contributed by atoms with Gasteiger partial charge >= 0.3 is 5.97 Å². The number of methoxy groups -OCH3 is 2. The lowest BCUT2D eigenvalue weighted by atomic mass is 10.0. The molecule has 1 rings (SSSR count). The zero-order valence-corrected chi connectivity index (χ0v) is 10.9. The van der Waals surface area contributed by atoms with Gasteiger partial charge in [-0.25, -0.2) is 4.79 Å². The molecule has 18 heavy (non-hydrogen) atoms. The lowest BCUT2D eigenvalue weighted by Gasteiger charge is -2.11. The third-order valence-corrected chi connectivity index (χ3v) is 2.57. The molecule has 0 spiro atoms. The maximum Gasteiger partial charge on any atom is 0.328 e. The molecule has 4 heteroatoms. The first-order chi connectivity index (χ1) is 8.62.